The molecule has 0 bridgehead atoms. The number of hydrogen-bond donors (Lipinski definition) is 2. The molecule has 0 unspecified atom stereocenters. The number of amides is 1. The van der Waals surface area contributed by atoms with E-state index in [1.165, 1.54) is 25.3 Å². The standard InChI is InChI=1S/C18H16N2O4S/c1-24-16-10-11-17(13-7-3-2-6-12(13)16)25(22,23)20-15-9-5-4-8-14(15)18(19)21/h2-11,20H,1H3,(H2,19,21). The van der Waals surface area contributed by atoms with Crippen molar-refractivity contribution in [3.05, 3.63) is 66.2 Å². The van der Waals surface area contributed by atoms with Gasteiger partial charge in [0, 0.05) is 10.8 Å². The Morgan fingerprint density at radius 1 is 0.960 bits per heavy atom. The minimum atomic E-state index is -3.93. The van der Waals surface area contributed by atoms with Gasteiger partial charge in [-0.25, -0.2) is 8.42 Å². The summed E-state index contributed by atoms with van der Waals surface area (Å²) in [4.78, 5) is 11.6. The molecule has 0 fully saturated rings. The van der Waals surface area contributed by atoms with Crippen molar-refractivity contribution in [1.82, 2.24) is 0 Å². The fourth-order valence-electron chi connectivity index (χ4n) is 2.64. The quantitative estimate of drug-likeness (QED) is 0.734. The van der Waals surface area contributed by atoms with Crippen molar-refractivity contribution >= 4 is 32.4 Å². The molecule has 0 aliphatic heterocycles. The molecule has 0 heterocycles. The van der Waals surface area contributed by atoms with Crippen LogP contribution in [0.1, 0.15) is 10.4 Å². The van der Waals surface area contributed by atoms with Crippen LogP contribution in [0.15, 0.2) is 65.6 Å². The van der Waals surface area contributed by atoms with Crippen LogP contribution in [-0.4, -0.2) is 21.4 Å². The predicted octanol–water partition coefficient (Wildman–Crippen LogP) is 2.75. The van der Waals surface area contributed by atoms with Gasteiger partial charge >= 0.3 is 0 Å². The molecular weight excluding hydrogens is 340 g/mol. The first-order valence-electron chi connectivity index (χ1n) is 7.41. The number of benzene rings is 3. The number of nitrogens with two attached hydrogens (primary N) is 1. The maximum Gasteiger partial charge on any atom is 0.262 e. The topological polar surface area (TPSA) is 98.5 Å². The van der Waals surface area contributed by atoms with Crippen molar-refractivity contribution in [3.63, 3.8) is 0 Å². The lowest BCUT2D eigenvalue weighted by Gasteiger charge is -2.14. The largest absolute Gasteiger partial charge is 0.496 e. The zero-order chi connectivity index (χ0) is 18.0. The lowest BCUT2D eigenvalue weighted by atomic mass is 10.1. The van der Waals surface area contributed by atoms with E-state index in [-0.39, 0.29) is 16.1 Å². The van der Waals surface area contributed by atoms with E-state index >= 15 is 0 Å². The summed E-state index contributed by atoms with van der Waals surface area (Å²) in [5.41, 5.74) is 5.55. The van der Waals surface area contributed by atoms with Crippen molar-refractivity contribution in [3.8, 4) is 5.75 Å². The second-order valence-corrected chi connectivity index (χ2v) is 6.98. The third kappa shape index (κ3) is 3.14. The highest BCUT2D eigenvalue weighted by Gasteiger charge is 2.21. The number of rotatable bonds is 5. The summed E-state index contributed by atoms with van der Waals surface area (Å²) < 4.78 is 33.5. The number of sulfonamides is 1. The summed E-state index contributed by atoms with van der Waals surface area (Å²) >= 11 is 0. The molecule has 1 amide bonds. The smallest absolute Gasteiger partial charge is 0.262 e. The number of nitrogens with one attached hydrogen (secondary N) is 1. The van der Waals surface area contributed by atoms with Crippen molar-refractivity contribution in [1.29, 1.82) is 0 Å². The summed E-state index contributed by atoms with van der Waals surface area (Å²) in [6, 6.07) is 16.3. The molecule has 0 atom stereocenters. The molecule has 25 heavy (non-hydrogen) atoms. The Balaban J connectivity index is 2.14. The molecule has 3 aromatic rings. The second kappa shape index (κ2) is 6.45. The Bertz CT molecular complexity index is 1060. The molecular formula is C18H16N2O4S. The van der Waals surface area contributed by atoms with E-state index in [4.69, 9.17) is 10.5 Å². The van der Waals surface area contributed by atoms with Crippen molar-refractivity contribution in [2.75, 3.05) is 11.8 Å². The van der Waals surface area contributed by atoms with Crippen molar-refractivity contribution < 1.29 is 17.9 Å². The first-order chi connectivity index (χ1) is 11.9. The van der Waals surface area contributed by atoms with Gasteiger partial charge in [0.1, 0.15) is 5.75 Å². The van der Waals surface area contributed by atoms with Gasteiger partial charge < -0.3 is 10.5 Å². The van der Waals surface area contributed by atoms with E-state index < -0.39 is 15.9 Å². The predicted molar refractivity (Wildman–Crippen MR) is 96.3 cm³/mol. The Morgan fingerprint density at radius 3 is 2.28 bits per heavy atom. The molecule has 0 aliphatic rings. The molecule has 0 saturated heterocycles. The maximum absolute atomic E-state index is 12.9. The number of fused-ring (bicyclic) bond motifs is 1. The van der Waals surface area contributed by atoms with Gasteiger partial charge in [0.05, 0.1) is 23.3 Å². The van der Waals surface area contributed by atoms with Gasteiger partial charge in [-0.05, 0) is 24.3 Å². The maximum atomic E-state index is 12.9. The Labute approximate surface area is 145 Å². The highest BCUT2D eigenvalue weighted by molar-refractivity contribution is 7.93. The number of carbonyl (C=O) groups excluding carboxylic acids is 1. The van der Waals surface area contributed by atoms with E-state index in [1.807, 2.05) is 0 Å². The number of hydrogen-bond acceptors (Lipinski definition) is 4. The van der Waals surface area contributed by atoms with E-state index in [2.05, 4.69) is 4.72 Å². The third-order valence-electron chi connectivity index (χ3n) is 3.79. The van der Waals surface area contributed by atoms with Crippen LogP contribution in [0.2, 0.25) is 0 Å². The SMILES string of the molecule is COc1ccc(S(=O)(=O)Nc2ccccc2C(N)=O)c2ccccc12. The van der Waals surface area contributed by atoms with Crippen LogP contribution in [0.5, 0.6) is 5.75 Å². The Hall–Kier alpha value is -3.06. The van der Waals surface area contributed by atoms with E-state index in [1.54, 1.807) is 42.5 Å². The molecule has 0 radical (unpaired) electrons. The van der Waals surface area contributed by atoms with Gasteiger partial charge in [-0.1, -0.05) is 36.4 Å². The normalized spacial score (nSPS) is 11.2. The van der Waals surface area contributed by atoms with E-state index in [0.29, 0.717) is 16.5 Å². The van der Waals surface area contributed by atoms with Gasteiger partial charge in [-0.2, -0.15) is 0 Å². The van der Waals surface area contributed by atoms with Crippen LogP contribution in [0.25, 0.3) is 10.8 Å². The average Bonchev–Trinajstić information content (AvgIpc) is 2.60. The molecule has 6 nitrogen and oxygen atoms in total. The first kappa shape index (κ1) is 16.8. The number of primary amides is 1. The lowest BCUT2D eigenvalue weighted by Crippen LogP contribution is -2.18. The summed E-state index contributed by atoms with van der Waals surface area (Å²) in [5, 5.41) is 1.20. The fraction of sp³-hybridized carbons (Fsp3) is 0.0556. The van der Waals surface area contributed by atoms with Crippen LogP contribution >= 0.6 is 0 Å². The van der Waals surface area contributed by atoms with Gasteiger partial charge in [0.15, 0.2) is 0 Å². The molecule has 3 rings (SSSR count). The van der Waals surface area contributed by atoms with E-state index in [0.717, 1.165) is 0 Å². The first-order valence-corrected chi connectivity index (χ1v) is 8.90. The van der Waals surface area contributed by atoms with Gasteiger partial charge in [0.2, 0.25) is 0 Å². The molecule has 0 saturated carbocycles. The third-order valence-corrected chi connectivity index (χ3v) is 5.21. The van der Waals surface area contributed by atoms with Crippen LogP contribution in [0.3, 0.4) is 0 Å². The molecule has 7 heteroatoms. The zero-order valence-corrected chi connectivity index (χ0v) is 14.2. The molecule has 3 aromatic carbocycles. The molecule has 0 aliphatic carbocycles. The summed E-state index contributed by atoms with van der Waals surface area (Å²) in [5.74, 6) is -0.134. The molecule has 0 aromatic heterocycles. The summed E-state index contributed by atoms with van der Waals surface area (Å²) in [7, 11) is -2.41. The van der Waals surface area contributed by atoms with Crippen LogP contribution in [-0.2, 0) is 10.0 Å². The Kier molecular flexibility index (Phi) is 4.33. The molecule has 128 valence electrons. The van der Waals surface area contributed by atoms with Crippen LogP contribution in [0.4, 0.5) is 5.69 Å². The van der Waals surface area contributed by atoms with Gasteiger partial charge in [0.25, 0.3) is 15.9 Å². The van der Waals surface area contributed by atoms with Gasteiger partial charge in [-0.15, -0.1) is 0 Å². The number of carbonyl (C=O) groups is 1. The summed E-state index contributed by atoms with van der Waals surface area (Å²) in [6.45, 7) is 0. The number of anilines is 1. The fourth-order valence-corrected chi connectivity index (χ4v) is 3.94. The highest BCUT2D eigenvalue weighted by Crippen LogP contribution is 2.32. The molecule has 3 N–H and O–H groups in total. The Morgan fingerprint density at radius 2 is 1.60 bits per heavy atom. The van der Waals surface area contributed by atoms with Crippen LogP contribution in [0, 0.1) is 0 Å². The minimum absolute atomic E-state index is 0.0863. The highest BCUT2D eigenvalue weighted by atomic mass is 32.2. The minimum Gasteiger partial charge on any atom is -0.496 e. The van der Waals surface area contributed by atoms with Crippen molar-refractivity contribution in [2.24, 2.45) is 5.73 Å². The monoisotopic (exact) mass is 356 g/mol. The summed E-state index contributed by atoms with van der Waals surface area (Å²) in [6.07, 6.45) is 0. The number of methoxy groups -OCH3 is 1. The van der Waals surface area contributed by atoms with Gasteiger partial charge in [-0.3, -0.25) is 9.52 Å². The average molecular weight is 356 g/mol. The number of ether oxygens (including phenoxy) is 1. The second-order valence-electron chi connectivity index (χ2n) is 5.33. The van der Waals surface area contributed by atoms with Crippen molar-refractivity contribution in [2.45, 2.75) is 4.90 Å². The van der Waals surface area contributed by atoms with E-state index in [9.17, 15) is 13.2 Å². The number of para-hydroxylation sites is 1. The van der Waals surface area contributed by atoms with Crippen LogP contribution < -0.4 is 15.2 Å². The lowest BCUT2D eigenvalue weighted by molar-refractivity contribution is 0.100. The zero-order valence-electron chi connectivity index (χ0n) is 13.4. The molecule has 0 spiro atoms.